The largest absolute Gasteiger partial charge is 0.329 e. The lowest BCUT2D eigenvalue weighted by atomic mass is 9.92. The van der Waals surface area contributed by atoms with E-state index in [4.69, 9.17) is 0 Å². The van der Waals surface area contributed by atoms with E-state index >= 15 is 0 Å². The highest BCUT2D eigenvalue weighted by molar-refractivity contribution is 6.21. The van der Waals surface area contributed by atoms with Gasteiger partial charge in [0.05, 0.1) is 23.7 Å². The second-order valence-corrected chi connectivity index (χ2v) is 10.8. The van der Waals surface area contributed by atoms with Crippen LogP contribution in [0.4, 0.5) is 0 Å². The monoisotopic (exact) mass is 516 g/mol. The van der Waals surface area contributed by atoms with Crippen molar-refractivity contribution in [1.29, 1.82) is 0 Å². The molecule has 3 amide bonds. The Bertz CT molecular complexity index is 1600. The van der Waals surface area contributed by atoms with E-state index in [9.17, 15) is 14.4 Å². The van der Waals surface area contributed by atoms with Gasteiger partial charge in [-0.1, -0.05) is 87.0 Å². The number of carbonyl (C=O) groups excluding carboxylic acids is 3. The highest BCUT2D eigenvalue weighted by Crippen LogP contribution is 2.32. The van der Waals surface area contributed by atoms with Crippen molar-refractivity contribution >= 4 is 28.5 Å². The van der Waals surface area contributed by atoms with Gasteiger partial charge in [0.1, 0.15) is 0 Å². The van der Waals surface area contributed by atoms with Crippen LogP contribution in [0.15, 0.2) is 84.9 Å². The first-order chi connectivity index (χ1) is 19.0. The molecule has 2 atom stereocenters. The minimum atomic E-state index is -0.327. The fraction of sp³-hybridized carbons (Fsp3) is 0.265. The lowest BCUT2D eigenvalue weighted by molar-refractivity contribution is 0.0490. The maximum absolute atomic E-state index is 14.1. The average Bonchev–Trinajstić information content (AvgIpc) is 3.20. The van der Waals surface area contributed by atoms with Gasteiger partial charge in [-0.3, -0.25) is 19.3 Å². The van der Waals surface area contributed by atoms with E-state index in [0.717, 1.165) is 40.3 Å². The number of rotatable bonds is 6. The fourth-order valence-electron chi connectivity index (χ4n) is 6.15. The van der Waals surface area contributed by atoms with Crippen LogP contribution in [0.3, 0.4) is 0 Å². The number of nitrogens with zero attached hydrogens (tertiary/aromatic N) is 2. The Morgan fingerprint density at radius 2 is 1.59 bits per heavy atom. The van der Waals surface area contributed by atoms with E-state index in [1.807, 2.05) is 71.6 Å². The van der Waals surface area contributed by atoms with Crippen molar-refractivity contribution in [2.75, 3.05) is 6.54 Å². The molecule has 0 saturated heterocycles. The van der Waals surface area contributed by atoms with Gasteiger partial charge in [0.15, 0.2) is 0 Å². The molecule has 39 heavy (non-hydrogen) atoms. The third-order valence-corrected chi connectivity index (χ3v) is 8.32. The van der Waals surface area contributed by atoms with Gasteiger partial charge in [0, 0.05) is 12.1 Å². The van der Waals surface area contributed by atoms with Crippen LogP contribution in [0.5, 0.6) is 0 Å². The zero-order chi connectivity index (χ0) is 27.1. The van der Waals surface area contributed by atoms with Crippen LogP contribution in [0, 0.1) is 0 Å². The molecule has 0 saturated carbocycles. The molecule has 6 rings (SSSR count). The molecule has 2 heterocycles. The maximum atomic E-state index is 14.1. The number of imide groups is 1. The van der Waals surface area contributed by atoms with Gasteiger partial charge in [0.25, 0.3) is 17.7 Å². The normalized spacial score (nSPS) is 17.3. The third kappa shape index (κ3) is 4.42. The molecule has 2 aliphatic heterocycles. The van der Waals surface area contributed by atoms with Crippen molar-refractivity contribution in [3.05, 3.63) is 118 Å². The van der Waals surface area contributed by atoms with Crippen molar-refractivity contribution in [3.8, 4) is 0 Å². The summed E-state index contributed by atoms with van der Waals surface area (Å²) < 4.78 is 0. The molecule has 0 fully saturated rings. The molecule has 5 nitrogen and oxygen atoms in total. The topological polar surface area (TPSA) is 57.7 Å². The van der Waals surface area contributed by atoms with E-state index in [1.165, 1.54) is 4.90 Å². The molecular weight excluding hydrogens is 484 g/mol. The van der Waals surface area contributed by atoms with Crippen molar-refractivity contribution in [3.63, 3.8) is 0 Å². The third-order valence-electron chi connectivity index (χ3n) is 8.32. The summed E-state index contributed by atoms with van der Waals surface area (Å²) in [5, 5.41) is 1.91. The van der Waals surface area contributed by atoms with Gasteiger partial charge < -0.3 is 4.90 Å². The number of fused-ring (bicyclic) bond motifs is 3. The molecule has 0 aromatic heterocycles. The Labute approximate surface area is 229 Å². The Morgan fingerprint density at radius 3 is 2.41 bits per heavy atom. The summed E-state index contributed by atoms with van der Waals surface area (Å²) in [4.78, 5) is 44.3. The van der Waals surface area contributed by atoms with Gasteiger partial charge in [-0.05, 0) is 64.4 Å². The van der Waals surface area contributed by atoms with E-state index in [1.54, 1.807) is 6.07 Å². The second kappa shape index (κ2) is 10.1. The van der Waals surface area contributed by atoms with E-state index in [0.29, 0.717) is 35.6 Å². The van der Waals surface area contributed by atoms with Crippen molar-refractivity contribution in [1.82, 2.24) is 9.80 Å². The number of amides is 3. The Morgan fingerprint density at radius 1 is 0.872 bits per heavy atom. The van der Waals surface area contributed by atoms with Gasteiger partial charge in [-0.2, -0.15) is 0 Å². The second-order valence-electron chi connectivity index (χ2n) is 10.8. The van der Waals surface area contributed by atoms with Gasteiger partial charge in [-0.15, -0.1) is 0 Å². The van der Waals surface area contributed by atoms with Crippen LogP contribution in [0.1, 0.15) is 80.4 Å². The summed E-state index contributed by atoms with van der Waals surface area (Å²) in [5.41, 5.74) is 4.89. The number of benzene rings is 4. The van der Waals surface area contributed by atoms with Gasteiger partial charge in [-0.25, -0.2) is 0 Å². The molecule has 2 unspecified atom stereocenters. The standard InChI is InChI=1S/C34H32N2O3/c1-3-9-22(2)24-16-17-30-31(19-24)34(39)36(33(30)38)21-27-18-25-11-4-5-12-26(25)20-35(27)32(37)29-15-8-13-23-10-6-7-14-28(23)29/h4-8,10-17,19,22,27H,3,9,18,20-21H2,1-2H3. The van der Waals surface area contributed by atoms with Crippen molar-refractivity contribution in [2.45, 2.75) is 51.6 Å². The lowest BCUT2D eigenvalue weighted by Gasteiger charge is -2.38. The zero-order valence-corrected chi connectivity index (χ0v) is 22.4. The minimum Gasteiger partial charge on any atom is -0.329 e. The summed E-state index contributed by atoms with van der Waals surface area (Å²) in [7, 11) is 0. The molecular formula is C34H32N2O3. The van der Waals surface area contributed by atoms with Crippen molar-refractivity contribution < 1.29 is 14.4 Å². The molecule has 4 aromatic rings. The summed E-state index contributed by atoms with van der Waals surface area (Å²) in [6.07, 6.45) is 2.66. The SMILES string of the molecule is CCCC(C)c1ccc2c(c1)C(=O)N(CC1Cc3ccccc3CN1C(=O)c1cccc3ccccc13)C2=O. The first-order valence-corrected chi connectivity index (χ1v) is 13.8. The number of carbonyl (C=O) groups is 3. The molecule has 0 aliphatic carbocycles. The van der Waals surface area contributed by atoms with Crippen LogP contribution in [0.25, 0.3) is 10.8 Å². The van der Waals surface area contributed by atoms with Crippen LogP contribution in [-0.2, 0) is 13.0 Å². The quantitative estimate of drug-likeness (QED) is 0.271. The van der Waals surface area contributed by atoms with Crippen LogP contribution < -0.4 is 0 Å². The van der Waals surface area contributed by atoms with E-state index < -0.39 is 0 Å². The molecule has 0 N–H and O–H groups in total. The molecule has 5 heteroatoms. The molecule has 0 radical (unpaired) electrons. The summed E-state index contributed by atoms with van der Waals surface area (Å²) >= 11 is 0. The maximum Gasteiger partial charge on any atom is 0.261 e. The average molecular weight is 517 g/mol. The first kappa shape index (κ1) is 25.1. The number of hydrogen-bond donors (Lipinski definition) is 0. The lowest BCUT2D eigenvalue weighted by Crippen LogP contribution is -2.51. The molecule has 4 aromatic carbocycles. The Balaban J connectivity index is 1.33. The molecule has 0 bridgehead atoms. The highest BCUT2D eigenvalue weighted by Gasteiger charge is 2.40. The van der Waals surface area contributed by atoms with Gasteiger partial charge >= 0.3 is 0 Å². The van der Waals surface area contributed by atoms with E-state index in [-0.39, 0.29) is 30.3 Å². The highest BCUT2D eigenvalue weighted by atomic mass is 16.2. The van der Waals surface area contributed by atoms with Crippen LogP contribution in [0.2, 0.25) is 0 Å². The van der Waals surface area contributed by atoms with Crippen LogP contribution >= 0.6 is 0 Å². The summed E-state index contributed by atoms with van der Waals surface area (Å²) in [6.45, 7) is 4.90. The Hall–Kier alpha value is -4.25. The summed E-state index contributed by atoms with van der Waals surface area (Å²) in [6, 6.07) is 27.1. The van der Waals surface area contributed by atoms with Crippen LogP contribution in [-0.4, -0.2) is 40.1 Å². The van der Waals surface area contributed by atoms with E-state index in [2.05, 4.69) is 26.0 Å². The first-order valence-electron chi connectivity index (χ1n) is 13.8. The zero-order valence-electron chi connectivity index (χ0n) is 22.4. The molecule has 2 aliphatic rings. The molecule has 0 spiro atoms. The number of hydrogen-bond acceptors (Lipinski definition) is 3. The molecule has 196 valence electrons. The predicted octanol–water partition coefficient (Wildman–Crippen LogP) is 6.61. The van der Waals surface area contributed by atoms with Crippen molar-refractivity contribution in [2.24, 2.45) is 0 Å². The Kier molecular flexibility index (Phi) is 6.51. The minimum absolute atomic E-state index is 0.0846. The predicted molar refractivity (Wildman–Crippen MR) is 153 cm³/mol. The summed E-state index contributed by atoms with van der Waals surface area (Å²) in [5.74, 6) is -0.308. The van der Waals surface area contributed by atoms with Gasteiger partial charge in [0.2, 0.25) is 0 Å². The fourth-order valence-corrected chi connectivity index (χ4v) is 6.15. The smallest absolute Gasteiger partial charge is 0.261 e.